The molecule has 1 aliphatic heterocycles. The van der Waals surface area contributed by atoms with E-state index in [0.717, 1.165) is 24.6 Å². The highest BCUT2D eigenvalue weighted by Gasteiger charge is 2.25. The fourth-order valence-electron chi connectivity index (χ4n) is 2.53. The highest BCUT2D eigenvalue weighted by atomic mass is 35.5. The van der Waals surface area contributed by atoms with Crippen molar-refractivity contribution in [1.82, 2.24) is 5.32 Å². The summed E-state index contributed by atoms with van der Waals surface area (Å²) in [7, 11) is 0. The number of hydrogen-bond donors (Lipinski definition) is 1. The Balaban J connectivity index is 0.00000133. The Morgan fingerprint density at radius 2 is 2.11 bits per heavy atom. The first-order valence-electron chi connectivity index (χ1n) is 6.50. The van der Waals surface area contributed by atoms with Crippen molar-refractivity contribution < 1.29 is 4.42 Å². The molecule has 102 valence electrons. The van der Waals surface area contributed by atoms with Gasteiger partial charge in [0.1, 0.15) is 5.76 Å². The van der Waals surface area contributed by atoms with Crippen molar-refractivity contribution in [3.63, 3.8) is 0 Å². The first-order chi connectivity index (χ1) is 8.74. The van der Waals surface area contributed by atoms with Crippen LogP contribution in [0.2, 0.25) is 0 Å². The fourth-order valence-corrected chi connectivity index (χ4v) is 2.53. The van der Waals surface area contributed by atoms with Crippen LogP contribution in [0.1, 0.15) is 31.9 Å². The SMILES string of the molecule is CC(C)NC1=NCC(c2occ3ccccc23)C1.Cl. The lowest BCUT2D eigenvalue weighted by Crippen LogP contribution is -2.29. The van der Waals surface area contributed by atoms with Crippen LogP contribution in [0.15, 0.2) is 39.9 Å². The van der Waals surface area contributed by atoms with Crippen LogP contribution in [0, 0.1) is 0 Å². The summed E-state index contributed by atoms with van der Waals surface area (Å²) in [6.07, 6.45) is 2.80. The Morgan fingerprint density at radius 1 is 1.32 bits per heavy atom. The van der Waals surface area contributed by atoms with Crippen LogP contribution in [0.3, 0.4) is 0 Å². The molecule has 0 bridgehead atoms. The molecule has 19 heavy (non-hydrogen) atoms. The van der Waals surface area contributed by atoms with Crippen molar-refractivity contribution in [3.05, 3.63) is 36.3 Å². The van der Waals surface area contributed by atoms with Gasteiger partial charge >= 0.3 is 0 Å². The van der Waals surface area contributed by atoms with E-state index in [1.54, 1.807) is 0 Å². The summed E-state index contributed by atoms with van der Waals surface area (Å²) < 4.78 is 5.75. The molecule has 2 heterocycles. The predicted octanol–water partition coefficient (Wildman–Crippen LogP) is 3.74. The number of furan rings is 1. The molecule has 3 rings (SSSR count). The molecule has 1 atom stereocenters. The fraction of sp³-hybridized carbons (Fsp3) is 0.400. The van der Waals surface area contributed by atoms with E-state index in [4.69, 9.17) is 4.42 Å². The average Bonchev–Trinajstić information content (AvgIpc) is 2.94. The summed E-state index contributed by atoms with van der Waals surface area (Å²) in [6.45, 7) is 5.10. The third kappa shape index (κ3) is 2.76. The van der Waals surface area contributed by atoms with Crippen LogP contribution in [0.25, 0.3) is 10.8 Å². The van der Waals surface area contributed by atoms with E-state index in [-0.39, 0.29) is 12.4 Å². The van der Waals surface area contributed by atoms with Gasteiger partial charge in [0, 0.05) is 29.2 Å². The van der Waals surface area contributed by atoms with Gasteiger partial charge in [-0.1, -0.05) is 24.3 Å². The van der Waals surface area contributed by atoms with Gasteiger partial charge in [0.25, 0.3) is 0 Å². The van der Waals surface area contributed by atoms with Crippen LogP contribution < -0.4 is 5.32 Å². The van der Waals surface area contributed by atoms with Crippen molar-refractivity contribution in [2.75, 3.05) is 6.54 Å². The quantitative estimate of drug-likeness (QED) is 0.909. The van der Waals surface area contributed by atoms with Gasteiger partial charge in [-0.05, 0) is 13.8 Å². The second kappa shape index (κ2) is 5.66. The summed E-state index contributed by atoms with van der Waals surface area (Å²) in [5, 5.41) is 5.79. The van der Waals surface area contributed by atoms with Gasteiger partial charge in [-0.3, -0.25) is 4.99 Å². The Labute approximate surface area is 119 Å². The van der Waals surface area contributed by atoms with Gasteiger partial charge in [0.2, 0.25) is 0 Å². The van der Waals surface area contributed by atoms with Crippen molar-refractivity contribution >= 4 is 29.0 Å². The molecule has 0 amide bonds. The van der Waals surface area contributed by atoms with Crippen molar-refractivity contribution in [2.45, 2.75) is 32.2 Å². The molecule has 0 saturated carbocycles. The summed E-state index contributed by atoms with van der Waals surface area (Å²) in [5.74, 6) is 2.57. The molecule has 0 radical (unpaired) electrons. The number of rotatable bonds is 2. The molecule has 2 aromatic rings. The zero-order valence-corrected chi connectivity index (χ0v) is 12.0. The minimum Gasteiger partial charge on any atom is -0.468 e. The first-order valence-corrected chi connectivity index (χ1v) is 6.50. The molecule has 1 unspecified atom stereocenters. The van der Waals surface area contributed by atoms with Crippen LogP contribution in [0.5, 0.6) is 0 Å². The summed E-state index contributed by atoms with van der Waals surface area (Å²) in [5.41, 5.74) is 0. The number of hydrogen-bond acceptors (Lipinski definition) is 3. The second-order valence-corrected chi connectivity index (χ2v) is 5.17. The van der Waals surface area contributed by atoms with E-state index in [1.807, 2.05) is 12.3 Å². The average molecular weight is 279 g/mol. The van der Waals surface area contributed by atoms with E-state index < -0.39 is 0 Å². The van der Waals surface area contributed by atoms with Gasteiger partial charge in [0.05, 0.1) is 18.6 Å². The molecule has 4 heteroatoms. The van der Waals surface area contributed by atoms with E-state index >= 15 is 0 Å². The van der Waals surface area contributed by atoms with Gasteiger partial charge in [-0.25, -0.2) is 0 Å². The van der Waals surface area contributed by atoms with Crippen molar-refractivity contribution in [3.8, 4) is 0 Å². The molecule has 0 fully saturated rings. The van der Waals surface area contributed by atoms with E-state index in [9.17, 15) is 0 Å². The zero-order chi connectivity index (χ0) is 12.5. The largest absolute Gasteiger partial charge is 0.468 e. The molecule has 0 spiro atoms. The minimum absolute atomic E-state index is 0. The number of halogens is 1. The van der Waals surface area contributed by atoms with Crippen molar-refractivity contribution in [2.24, 2.45) is 4.99 Å². The predicted molar refractivity (Wildman–Crippen MR) is 81.4 cm³/mol. The number of nitrogens with one attached hydrogen (secondary N) is 1. The summed E-state index contributed by atoms with van der Waals surface area (Å²) >= 11 is 0. The molecular formula is C15H19ClN2O. The Kier molecular flexibility index (Phi) is 4.15. The second-order valence-electron chi connectivity index (χ2n) is 5.17. The molecule has 0 aliphatic carbocycles. The van der Waals surface area contributed by atoms with Gasteiger partial charge in [-0.2, -0.15) is 0 Å². The topological polar surface area (TPSA) is 37.5 Å². The minimum atomic E-state index is 0. The lowest BCUT2D eigenvalue weighted by molar-refractivity contribution is 0.481. The Hall–Kier alpha value is -1.48. The lowest BCUT2D eigenvalue weighted by Gasteiger charge is -2.10. The number of nitrogens with zero attached hydrogens (tertiary/aromatic N) is 1. The number of aliphatic imine (C=N–C) groups is 1. The van der Waals surface area contributed by atoms with E-state index in [1.165, 1.54) is 10.8 Å². The van der Waals surface area contributed by atoms with Gasteiger partial charge < -0.3 is 9.73 Å². The summed E-state index contributed by atoms with van der Waals surface area (Å²) in [6, 6.07) is 8.76. The zero-order valence-electron chi connectivity index (χ0n) is 11.2. The molecule has 3 nitrogen and oxygen atoms in total. The molecule has 0 saturated heterocycles. The first kappa shape index (κ1) is 13.9. The maximum Gasteiger partial charge on any atom is 0.116 e. The van der Waals surface area contributed by atoms with E-state index in [2.05, 4.69) is 42.4 Å². The summed E-state index contributed by atoms with van der Waals surface area (Å²) in [4.78, 5) is 4.57. The molecule has 1 aromatic heterocycles. The van der Waals surface area contributed by atoms with Gasteiger partial charge in [0.15, 0.2) is 0 Å². The Bertz CT molecular complexity index is 589. The highest BCUT2D eigenvalue weighted by Crippen LogP contribution is 2.32. The lowest BCUT2D eigenvalue weighted by atomic mass is 10.0. The third-order valence-electron chi connectivity index (χ3n) is 3.31. The van der Waals surface area contributed by atoms with Crippen LogP contribution in [-0.2, 0) is 0 Å². The molecular weight excluding hydrogens is 260 g/mol. The molecule has 1 aromatic carbocycles. The number of fused-ring (bicyclic) bond motifs is 1. The number of amidine groups is 1. The maximum absolute atomic E-state index is 5.75. The molecule has 1 N–H and O–H groups in total. The smallest absolute Gasteiger partial charge is 0.116 e. The monoisotopic (exact) mass is 278 g/mol. The molecule has 1 aliphatic rings. The van der Waals surface area contributed by atoms with Crippen LogP contribution in [0.4, 0.5) is 0 Å². The number of benzene rings is 1. The van der Waals surface area contributed by atoms with Crippen molar-refractivity contribution in [1.29, 1.82) is 0 Å². The standard InChI is InChI=1S/C15H18N2O.ClH/c1-10(2)17-14-7-12(8-16-14)15-13-6-4-3-5-11(13)9-18-15;/h3-6,9-10,12H,7-8H2,1-2H3,(H,16,17);1H. The van der Waals surface area contributed by atoms with Gasteiger partial charge in [-0.15, -0.1) is 12.4 Å². The normalized spacial score (nSPS) is 18.5. The maximum atomic E-state index is 5.75. The van der Waals surface area contributed by atoms with E-state index in [0.29, 0.717) is 12.0 Å². The highest BCUT2D eigenvalue weighted by molar-refractivity contribution is 5.88. The Morgan fingerprint density at radius 3 is 2.89 bits per heavy atom. The van der Waals surface area contributed by atoms with Crippen LogP contribution >= 0.6 is 12.4 Å². The third-order valence-corrected chi connectivity index (χ3v) is 3.31. The van der Waals surface area contributed by atoms with Crippen LogP contribution in [-0.4, -0.2) is 18.4 Å².